The number of hydrogen-bond acceptors (Lipinski definition) is 2. The molecule has 0 saturated carbocycles. The van der Waals surface area contributed by atoms with Gasteiger partial charge in [-0.2, -0.15) is 0 Å². The van der Waals surface area contributed by atoms with E-state index in [1.807, 2.05) is 17.8 Å². The van der Waals surface area contributed by atoms with Crippen molar-refractivity contribution >= 4 is 5.95 Å². The minimum atomic E-state index is 0.864. The van der Waals surface area contributed by atoms with Gasteiger partial charge in [-0.1, -0.05) is 25.5 Å². The van der Waals surface area contributed by atoms with Crippen LogP contribution in [0.15, 0.2) is 36.7 Å². The van der Waals surface area contributed by atoms with E-state index < -0.39 is 0 Å². The molecule has 0 amide bonds. The largest absolute Gasteiger partial charge is 0.358 e. The second-order valence-corrected chi connectivity index (χ2v) is 3.79. The fraction of sp³-hybridized carbons (Fsp3) is 0.308. The molecule has 0 radical (unpaired) electrons. The lowest BCUT2D eigenvalue weighted by Crippen LogP contribution is -2.00. The third-order valence-corrected chi connectivity index (χ3v) is 2.62. The first-order chi connectivity index (χ1) is 7.85. The molecule has 84 valence electrons. The van der Waals surface area contributed by atoms with Gasteiger partial charge in [0, 0.05) is 25.1 Å². The molecule has 3 nitrogen and oxygen atoms in total. The average Bonchev–Trinajstić information content (AvgIpc) is 2.78. The fourth-order valence-electron chi connectivity index (χ4n) is 1.81. The Kier molecular flexibility index (Phi) is 3.25. The van der Waals surface area contributed by atoms with Crippen LogP contribution in [-0.4, -0.2) is 16.6 Å². The maximum Gasteiger partial charge on any atom is 0.207 e. The second-order valence-electron chi connectivity index (χ2n) is 3.79. The number of benzene rings is 1. The van der Waals surface area contributed by atoms with Gasteiger partial charge in [-0.3, -0.25) is 4.57 Å². The van der Waals surface area contributed by atoms with Gasteiger partial charge < -0.3 is 5.32 Å². The van der Waals surface area contributed by atoms with Crippen LogP contribution in [0.25, 0.3) is 5.69 Å². The van der Waals surface area contributed by atoms with Gasteiger partial charge in [0.25, 0.3) is 0 Å². The van der Waals surface area contributed by atoms with E-state index in [2.05, 4.69) is 41.5 Å². The highest BCUT2D eigenvalue weighted by Crippen LogP contribution is 2.15. The average molecular weight is 215 g/mol. The van der Waals surface area contributed by atoms with E-state index in [9.17, 15) is 0 Å². The molecule has 0 fully saturated rings. The van der Waals surface area contributed by atoms with Crippen LogP contribution in [0.5, 0.6) is 0 Å². The Labute approximate surface area is 96.1 Å². The van der Waals surface area contributed by atoms with Gasteiger partial charge >= 0.3 is 0 Å². The first-order valence-corrected chi connectivity index (χ1v) is 5.65. The van der Waals surface area contributed by atoms with E-state index in [0.717, 1.165) is 18.1 Å². The van der Waals surface area contributed by atoms with Crippen LogP contribution in [0.3, 0.4) is 0 Å². The molecule has 0 aliphatic rings. The minimum Gasteiger partial charge on any atom is -0.358 e. The summed E-state index contributed by atoms with van der Waals surface area (Å²) in [6.45, 7) is 2.20. The molecule has 0 atom stereocenters. The molecule has 0 aliphatic heterocycles. The first-order valence-electron chi connectivity index (χ1n) is 5.65. The van der Waals surface area contributed by atoms with Gasteiger partial charge in [0.15, 0.2) is 0 Å². The van der Waals surface area contributed by atoms with Crippen molar-refractivity contribution in [3.63, 3.8) is 0 Å². The molecule has 0 bridgehead atoms. The maximum atomic E-state index is 4.22. The van der Waals surface area contributed by atoms with Crippen molar-refractivity contribution in [1.82, 2.24) is 9.55 Å². The molecule has 3 heteroatoms. The number of nitrogens with zero attached hydrogens (tertiary/aromatic N) is 2. The lowest BCUT2D eigenvalue weighted by molar-refractivity contribution is 0.919. The molecular weight excluding hydrogens is 198 g/mol. The van der Waals surface area contributed by atoms with Crippen molar-refractivity contribution in [1.29, 1.82) is 0 Å². The van der Waals surface area contributed by atoms with Gasteiger partial charge in [-0.05, 0) is 24.1 Å². The second kappa shape index (κ2) is 4.84. The van der Waals surface area contributed by atoms with Crippen LogP contribution >= 0.6 is 0 Å². The molecule has 16 heavy (non-hydrogen) atoms. The standard InChI is InChI=1S/C13H17N3/c1-3-4-11-5-7-12(8-6-11)16-10-9-15-13(16)14-2/h5-10H,3-4H2,1-2H3,(H,14,15). The molecule has 0 spiro atoms. The Balaban J connectivity index is 2.27. The molecule has 1 aromatic carbocycles. The number of nitrogens with one attached hydrogen (secondary N) is 1. The van der Waals surface area contributed by atoms with E-state index in [4.69, 9.17) is 0 Å². The molecule has 2 aromatic rings. The molecule has 2 rings (SSSR count). The van der Waals surface area contributed by atoms with E-state index in [1.54, 1.807) is 6.20 Å². The molecule has 0 aliphatic carbocycles. The van der Waals surface area contributed by atoms with Crippen molar-refractivity contribution in [3.8, 4) is 5.69 Å². The highest BCUT2D eigenvalue weighted by molar-refractivity contribution is 5.42. The van der Waals surface area contributed by atoms with Crippen LogP contribution in [-0.2, 0) is 6.42 Å². The number of aryl methyl sites for hydroxylation is 1. The monoisotopic (exact) mass is 215 g/mol. The molecule has 1 N–H and O–H groups in total. The first kappa shape index (κ1) is 10.7. The predicted molar refractivity (Wildman–Crippen MR) is 67.1 cm³/mol. The summed E-state index contributed by atoms with van der Waals surface area (Å²) in [6.07, 6.45) is 6.09. The van der Waals surface area contributed by atoms with Crippen molar-refractivity contribution < 1.29 is 0 Å². The van der Waals surface area contributed by atoms with Gasteiger partial charge in [0.2, 0.25) is 5.95 Å². The van der Waals surface area contributed by atoms with Gasteiger partial charge in [0.1, 0.15) is 0 Å². The summed E-state index contributed by atoms with van der Waals surface area (Å²) in [5, 5.41) is 3.07. The number of rotatable bonds is 4. The zero-order valence-electron chi connectivity index (χ0n) is 9.77. The lowest BCUT2D eigenvalue weighted by atomic mass is 10.1. The summed E-state index contributed by atoms with van der Waals surface area (Å²) in [5.41, 5.74) is 2.53. The van der Waals surface area contributed by atoms with Gasteiger partial charge in [-0.15, -0.1) is 0 Å². The summed E-state index contributed by atoms with van der Waals surface area (Å²) in [7, 11) is 1.88. The summed E-state index contributed by atoms with van der Waals surface area (Å²) in [4.78, 5) is 4.22. The number of aromatic nitrogens is 2. The summed E-state index contributed by atoms with van der Waals surface area (Å²) in [6, 6.07) is 8.62. The fourth-order valence-corrected chi connectivity index (χ4v) is 1.81. The lowest BCUT2D eigenvalue weighted by Gasteiger charge is -2.07. The van der Waals surface area contributed by atoms with Gasteiger partial charge in [0.05, 0.1) is 0 Å². The highest BCUT2D eigenvalue weighted by Gasteiger charge is 2.02. The van der Waals surface area contributed by atoms with Crippen LogP contribution in [0.2, 0.25) is 0 Å². The van der Waals surface area contributed by atoms with E-state index in [-0.39, 0.29) is 0 Å². The van der Waals surface area contributed by atoms with Crippen LogP contribution < -0.4 is 5.32 Å². The molecule has 1 aromatic heterocycles. The summed E-state index contributed by atoms with van der Waals surface area (Å²) in [5.74, 6) is 0.864. The maximum absolute atomic E-state index is 4.22. The van der Waals surface area contributed by atoms with Crippen LogP contribution in [0, 0.1) is 0 Å². The zero-order chi connectivity index (χ0) is 11.4. The molecule has 0 saturated heterocycles. The third kappa shape index (κ3) is 2.08. The van der Waals surface area contributed by atoms with E-state index in [0.29, 0.717) is 0 Å². The Hall–Kier alpha value is -1.77. The minimum absolute atomic E-state index is 0.864. The Bertz CT molecular complexity index is 442. The quantitative estimate of drug-likeness (QED) is 0.850. The van der Waals surface area contributed by atoms with Crippen molar-refractivity contribution in [2.24, 2.45) is 0 Å². The number of imidazole rings is 1. The van der Waals surface area contributed by atoms with Gasteiger partial charge in [-0.25, -0.2) is 4.98 Å². The van der Waals surface area contributed by atoms with Crippen molar-refractivity contribution in [2.45, 2.75) is 19.8 Å². The van der Waals surface area contributed by atoms with E-state index in [1.165, 1.54) is 12.0 Å². The van der Waals surface area contributed by atoms with E-state index >= 15 is 0 Å². The predicted octanol–water partition coefficient (Wildman–Crippen LogP) is 2.87. The van der Waals surface area contributed by atoms with Crippen LogP contribution in [0.1, 0.15) is 18.9 Å². The number of anilines is 1. The highest BCUT2D eigenvalue weighted by atomic mass is 15.2. The zero-order valence-corrected chi connectivity index (χ0v) is 9.77. The Morgan fingerprint density at radius 2 is 2.00 bits per heavy atom. The number of hydrogen-bond donors (Lipinski definition) is 1. The molecule has 1 heterocycles. The summed E-state index contributed by atoms with van der Waals surface area (Å²) < 4.78 is 2.04. The van der Waals surface area contributed by atoms with Crippen molar-refractivity contribution in [2.75, 3.05) is 12.4 Å². The Morgan fingerprint density at radius 3 is 2.62 bits per heavy atom. The SMILES string of the molecule is CCCc1ccc(-n2ccnc2NC)cc1. The normalized spacial score (nSPS) is 10.4. The Morgan fingerprint density at radius 1 is 1.25 bits per heavy atom. The third-order valence-electron chi connectivity index (χ3n) is 2.62. The molecular formula is C13H17N3. The van der Waals surface area contributed by atoms with Crippen molar-refractivity contribution in [3.05, 3.63) is 42.2 Å². The summed E-state index contributed by atoms with van der Waals surface area (Å²) >= 11 is 0. The topological polar surface area (TPSA) is 29.9 Å². The van der Waals surface area contributed by atoms with Crippen LogP contribution in [0.4, 0.5) is 5.95 Å². The smallest absolute Gasteiger partial charge is 0.207 e. The molecule has 0 unspecified atom stereocenters.